The summed E-state index contributed by atoms with van der Waals surface area (Å²) in [6.07, 6.45) is -0.928. The summed E-state index contributed by atoms with van der Waals surface area (Å²) >= 11 is 0. The maximum Gasteiger partial charge on any atom is 0.344 e. The van der Waals surface area contributed by atoms with Crippen LogP contribution < -0.4 is 15.0 Å². The lowest BCUT2D eigenvalue weighted by molar-refractivity contribution is -0.155. The van der Waals surface area contributed by atoms with Gasteiger partial charge in [-0.1, -0.05) is 12.1 Å². The number of rotatable bonds is 7. The highest BCUT2D eigenvalue weighted by Gasteiger charge is 2.19. The van der Waals surface area contributed by atoms with Gasteiger partial charge in [0.15, 0.2) is 12.7 Å². The van der Waals surface area contributed by atoms with Crippen LogP contribution in [0.25, 0.3) is 0 Å². The first-order chi connectivity index (χ1) is 14.0. The van der Waals surface area contributed by atoms with E-state index in [9.17, 15) is 9.59 Å². The number of amides is 1. The highest BCUT2D eigenvalue weighted by atomic mass is 16.6. The monoisotopic (exact) mass is 398 g/mol. The van der Waals surface area contributed by atoms with Crippen LogP contribution >= 0.6 is 0 Å². The Labute approximate surface area is 170 Å². The van der Waals surface area contributed by atoms with E-state index in [-0.39, 0.29) is 6.61 Å². The number of anilines is 2. The molecule has 0 aromatic heterocycles. The van der Waals surface area contributed by atoms with Gasteiger partial charge in [0.05, 0.1) is 13.2 Å². The number of aryl methyl sites for hydroxylation is 1. The second-order valence-corrected chi connectivity index (χ2v) is 6.87. The molecule has 0 radical (unpaired) electrons. The lowest BCUT2D eigenvalue weighted by Gasteiger charge is -2.28. The number of ether oxygens (including phenoxy) is 3. The molecule has 29 heavy (non-hydrogen) atoms. The molecule has 1 aliphatic rings. The third-order valence-electron chi connectivity index (χ3n) is 4.53. The second-order valence-electron chi connectivity index (χ2n) is 6.87. The molecule has 3 rings (SSSR count). The summed E-state index contributed by atoms with van der Waals surface area (Å²) in [5.74, 6) is -0.413. The van der Waals surface area contributed by atoms with Crippen LogP contribution in [-0.4, -0.2) is 50.9 Å². The molecular formula is C22H26N2O5. The van der Waals surface area contributed by atoms with Gasteiger partial charge in [0.25, 0.3) is 5.91 Å². The van der Waals surface area contributed by atoms with Gasteiger partial charge in [-0.15, -0.1) is 0 Å². The SMILES string of the molecule is Cc1cccc(OCC(=O)OC(C)C(=O)Nc2ccc(N3CCOCC3)cc2)c1. The van der Waals surface area contributed by atoms with Gasteiger partial charge in [0, 0.05) is 24.5 Å². The molecule has 1 aliphatic heterocycles. The minimum atomic E-state index is -0.928. The third-order valence-corrected chi connectivity index (χ3v) is 4.53. The molecule has 2 aromatic carbocycles. The van der Waals surface area contributed by atoms with E-state index >= 15 is 0 Å². The van der Waals surface area contributed by atoms with Crippen LogP contribution in [0.5, 0.6) is 5.75 Å². The molecule has 2 aromatic rings. The van der Waals surface area contributed by atoms with Crippen LogP contribution in [0.3, 0.4) is 0 Å². The lowest BCUT2D eigenvalue weighted by Crippen LogP contribution is -2.36. The van der Waals surface area contributed by atoms with Crippen LogP contribution in [0.15, 0.2) is 48.5 Å². The van der Waals surface area contributed by atoms with Crippen molar-refractivity contribution in [2.75, 3.05) is 43.1 Å². The van der Waals surface area contributed by atoms with Crippen LogP contribution in [0, 0.1) is 6.92 Å². The number of morpholine rings is 1. The Hall–Kier alpha value is -3.06. The zero-order valence-corrected chi connectivity index (χ0v) is 16.7. The first kappa shape index (κ1) is 20.7. The molecule has 1 atom stereocenters. The van der Waals surface area contributed by atoms with Gasteiger partial charge in [-0.2, -0.15) is 0 Å². The molecule has 154 valence electrons. The molecule has 7 nitrogen and oxygen atoms in total. The molecule has 0 aliphatic carbocycles. The minimum Gasteiger partial charge on any atom is -0.482 e. The standard InChI is InChI=1S/C22H26N2O5/c1-16-4-3-5-20(14-16)28-15-21(25)29-17(2)22(26)23-18-6-8-19(9-7-18)24-10-12-27-13-11-24/h3-9,14,17H,10-13,15H2,1-2H3,(H,23,26). The van der Waals surface area contributed by atoms with Crippen molar-refractivity contribution in [1.82, 2.24) is 0 Å². The predicted molar refractivity (Wildman–Crippen MR) is 110 cm³/mol. The van der Waals surface area contributed by atoms with E-state index < -0.39 is 18.0 Å². The molecule has 7 heteroatoms. The maximum absolute atomic E-state index is 12.3. The molecule has 1 unspecified atom stereocenters. The maximum atomic E-state index is 12.3. The number of carbonyl (C=O) groups is 2. The van der Waals surface area contributed by atoms with Gasteiger partial charge in [-0.3, -0.25) is 4.79 Å². The van der Waals surface area contributed by atoms with Gasteiger partial charge in [0.2, 0.25) is 0 Å². The Morgan fingerprint density at radius 2 is 1.86 bits per heavy atom. The van der Waals surface area contributed by atoms with Gasteiger partial charge in [0.1, 0.15) is 5.75 Å². The van der Waals surface area contributed by atoms with Gasteiger partial charge in [-0.25, -0.2) is 4.79 Å². The average molecular weight is 398 g/mol. The molecule has 1 saturated heterocycles. The normalized spacial score (nSPS) is 14.8. The summed E-state index contributed by atoms with van der Waals surface area (Å²) in [5, 5.41) is 2.76. The highest BCUT2D eigenvalue weighted by molar-refractivity contribution is 5.95. The molecule has 1 heterocycles. The molecule has 0 spiro atoms. The van der Waals surface area contributed by atoms with E-state index in [4.69, 9.17) is 14.2 Å². The molecule has 1 amide bonds. The zero-order chi connectivity index (χ0) is 20.6. The first-order valence-corrected chi connectivity index (χ1v) is 9.64. The van der Waals surface area contributed by atoms with E-state index in [1.807, 2.05) is 49.4 Å². The summed E-state index contributed by atoms with van der Waals surface area (Å²) in [6, 6.07) is 14.9. The first-order valence-electron chi connectivity index (χ1n) is 9.64. The van der Waals surface area contributed by atoms with Crippen molar-refractivity contribution in [3.63, 3.8) is 0 Å². The van der Waals surface area contributed by atoms with Crippen LogP contribution in [0.1, 0.15) is 12.5 Å². The van der Waals surface area contributed by atoms with Gasteiger partial charge >= 0.3 is 5.97 Å². The Morgan fingerprint density at radius 1 is 1.14 bits per heavy atom. The van der Waals surface area contributed by atoms with Crippen molar-refractivity contribution in [3.05, 3.63) is 54.1 Å². The summed E-state index contributed by atoms with van der Waals surface area (Å²) in [6.45, 7) is 6.35. The lowest BCUT2D eigenvalue weighted by atomic mass is 10.2. The number of hydrogen-bond donors (Lipinski definition) is 1. The van der Waals surface area contributed by atoms with E-state index in [1.165, 1.54) is 6.92 Å². The quantitative estimate of drug-likeness (QED) is 0.723. The zero-order valence-electron chi connectivity index (χ0n) is 16.7. The van der Waals surface area contributed by atoms with Crippen LogP contribution in [0.2, 0.25) is 0 Å². The summed E-state index contributed by atoms with van der Waals surface area (Å²) < 4.78 is 15.9. The Bertz CT molecular complexity index is 831. The number of benzene rings is 2. The molecule has 1 fully saturated rings. The number of carbonyl (C=O) groups excluding carboxylic acids is 2. The molecule has 0 bridgehead atoms. The van der Waals surface area contributed by atoms with E-state index in [1.54, 1.807) is 6.07 Å². The van der Waals surface area contributed by atoms with E-state index in [2.05, 4.69) is 10.2 Å². The van der Waals surface area contributed by atoms with E-state index in [0.29, 0.717) is 11.4 Å². The van der Waals surface area contributed by atoms with Crippen molar-refractivity contribution >= 4 is 23.3 Å². The van der Waals surface area contributed by atoms with Crippen molar-refractivity contribution in [1.29, 1.82) is 0 Å². The van der Waals surface area contributed by atoms with Crippen molar-refractivity contribution in [3.8, 4) is 5.75 Å². The summed E-state index contributed by atoms with van der Waals surface area (Å²) in [5.41, 5.74) is 2.76. The topological polar surface area (TPSA) is 77.1 Å². The van der Waals surface area contributed by atoms with E-state index in [0.717, 1.165) is 37.6 Å². The summed E-state index contributed by atoms with van der Waals surface area (Å²) in [4.78, 5) is 26.5. The van der Waals surface area contributed by atoms with Crippen LogP contribution in [0.4, 0.5) is 11.4 Å². The second kappa shape index (κ2) is 9.93. The van der Waals surface area contributed by atoms with Crippen molar-refractivity contribution in [2.24, 2.45) is 0 Å². The molecule has 0 saturated carbocycles. The van der Waals surface area contributed by atoms with Crippen molar-refractivity contribution < 1.29 is 23.8 Å². The number of hydrogen-bond acceptors (Lipinski definition) is 6. The fourth-order valence-electron chi connectivity index (χ4n) is 2.95. The Morgan fingerprint density at radius 3 is 2.55 bits per heavy atom. The predicted octanol–water partition coefficient (Wildman–Crippen LogP) is 2.78. The highest BCUT2D eigenvalue weighted by Crippen LogP contribution is 2.19. The Balaban J connectivity index is 1.45. The minimum absolute atomic E-state index is 0.255. The number of nitrogens with zero attached hydrogens (tertiary/aromatic N) is 1. The van der Waals surface area contributed by atoms with Gasteiger partial charge < -0.3 is 24.4 Å². The van der Waals surface area contributed by atoms with Crippen molar-refractivity contribution in [2.45, 2.75) is 20.0 Å². The number of nitrogens with one attached hydrogen (secondary N) is 1. The Kier molecular flexibility index (Phi) is 7.08. The van der Waals surface area contributed by atoms with Crippen LogP contribution in [-0.2, 0) is 19.1 Å². The smallest absolute Gasteiger partial charge is 0.344 e. The summed E-state index contributed by atoms with van der Waals surface area (Å²) in [7, 11) is 0. The third kappa shape index (κ3) is 6.22. The molecular weight excluding hydrogens is 372 g/mol. The average Bonchev–Trinajstić information content (AvgIpc) is 2.73. The largest absolute Gasteiger partial charge is 0.482 e. The fourth-order valence-corrected chi connectivity index (χ4v) is 2.95. The number of esters is 1. The fraction of sp³-hybridized carbons (Fsp3) is 0.364. The van der Waals surface area contributed by atoms with Gasteiger partial charge in [-0.05, 0) is 55.8 Å². The molecule has 1 N–H and O–H groups in total.